The molecule has 0 spiro atoms. The standard InChI is InChI=1S/C30H31N5O2S2/c1-19(2)24(17-31-28(36)26-20(3)32-30-34(26)15-16-38-30)35(18-22-11-7-5-8-12-22)29(37)25-27(39-21(4)33-25)23-13-9-6-10-14-23/h5-16,19,24H,17-18H2,1-4H3,(H,31,36). The minimum atomic E-state index is -0.265. The zero-order chi connectivity index (χ0) is 27.5. The molecule has 0 bridgehead atoms. The molecule has 7 nitrogen and oxygen atoms in total. The van der Waals surface area contributed by atoms with Gasteiger partial charge in [0.2, 0.25) is 0 Å². The Morgan fingerprint density at radius 1 is 1.00 bits per heavy atom. The van der Waals surface area contributed by atoms with Crippen LogP contribution < -0.4 is 5.32 Å². The second-order valence-electron chi connectivity index (χ2n) is 9.82. The van der Waals surface area contributed by atoms with Crippen LogP contribution in [0.4, 0.5) is 0 Å². The summed E-state index contributed by atoms with van der Waals surface area (Å²) in [5.41, 5.74) is 3.64. The maximum atomic E-state index is 14.3. The summed E-state index contributed by atoms with van der Waals surface area (Å²) >= 11 is 3.01. The molecule has 3 heterocycles. The number of fused-ring (bicyclic) bond motifs is 1. The van der Waals surface area contributed by atoms with Gasteiger partial charge >= 0.3 is 0 Å². The third-order valence-corrected chi connectivity index (χ3v) is 8.50. The lowest BCUT2D eigenvalue weighted by atomic mass is 10.00. The van der Waals surface area contributed by atoms with Gasteiger partial charge in [0.05, 0.1) is 21.6 Å². The molecule has 5 aromatic rings. The van der Waals surface area contributed by atoms with Crippen molar-refractivity contribution in [2.45, 2.75) is 40.3 Å². The van der Waals surface area contributed by atoms with E-state index in [2.05, 4.69) is 24.1 Å². The van der Waals surface area contributed by atoms with Crippen molar-refractivity contribution in [1.29, 1.82) is 0 Å². The predicted octanol–water partition coefficient (Wildman–Crippen LogP) is 6.23. The van der Waals surface area contributed by atoms with Crippen LogP contribution in [0.1, 0.15) is 51.1 Å². The molecule has 9 heteroatoms. The molecular formula is C30H31N5O2S2. The van der Waals surface area contributed by atoms with E-state index in [1.54, 1.807) is 0 Å². The molecule has 0 fully saturated rings. The van der Waals surface area contributed by atoms with Crippen LogP contribution in [0, 0.1) is 19.8 Å². The molecule has 3 aromatic heterocycles. The molecule has 39 heavy (non-hydrogen) atoms. The van der Waals surface area contributed by atoms with E-state index in [1.165, 1.54) is 22.7 Å². The van der Waals surface area contributed by atoms with Crippen molar-refractivity contribution in [3.8, 4) is 10.4 Å². The number of carbonyl (C=O) groups is 2. The van der Waals surface area contributed by atoms with Crippen LogP contribution >= 0.6 is 22.7 Å². The molecule has 2 amide bonds. The summed E-state index contributed by atoms with van der Waals surface area (Å²) in [6, 6.07) is 19.6. The number of nitrogens with zero attached hydrogens (tertiary/aromatic N) is 4. The SMILES string of the molecule is Cc1nc(C(=O)N(Cc2ccccc2)C(CNC(=O)c2c(C)nc3sccn23)C(C)C)c(-c2ccccc2)s1. The highest BCUT2D eigenvalue weighted by Gasteiger charge is 2.32. The van der Waals surface area contributed by atoms with E-state index >= 15 is 0 Å². The summed E-state index contributed by atoms with van der Waals surface area (Å²) in [6.07, 6.45) is 1.86. The van der Waals surface area contributed by atoms with E-state index in [4.69, 9.17) is 4.98 Å². The number of rotatable bonds is 9. The van der Waals surface area contributed by atoms with Gasteiger partial charge in [0.25, 0.3) is 11.8 Å². The molecule has 0 radical (unpaired) electrons. The first-order valence-electron chi connectivity index (χ1n) is 12.9. The summed E-state index contributed by atoms with van der Waals surface area (Å²) in [5, 5.41) is 5.85. The van der Waals surface area contributed by atoms with E-state index in [0.29, 0.717) is 30.2 Å². The number of benzene rings is 2. The topological polar surface area (TPSA) is 79.6 Å². The summed E-state index contributed by atoms with van der Waals surface area (Å²) in [5.74, 6) is -0.271. The van der Waals surface area contributed by atoms with Gasteiger partial charge in [0.15, 0.2) is 4.96 Å². The van der Waals surface area contributed by atoms with Gasteiger partial charge in [0.1, 0.15) is 11.4 Å². The first kappa shape index (κ1) is 26.8. The van der Waals surface area contributed by atoms with Gasteiger partial charge in [-0.2, -0.15) is 0 Å². The molecule has 1 unspecified atom stereocenters. The minimum Gasteiger partial charge on any atom is -0.349 e. The molecule has 1 atom stereocenters. The van der Waals surface area contributed by atoms with Gasteiger partial charge in [-0.1, -0.05) is 74.5 Å². The van der Waals surface area contributed by atoms with Crippen LogP contribution in [0.25, 0.3) is 15.4 Å². The maximum absolute atomic E-state index is 14.3. The number of aryl methyl sites for hydroxylation is 2. The average Bonchev–Trinajstić information content (AvgIpc) is 3.62. The van der Waals surface area contributed by atoms with Gasteiger partial charge < -0.3 is 10.2 Å². The van der Waals surface area contributed by atoms with Crippen LogP contribution in [-0.4, -0.2) is 43.7 Å². The molecule has 200 valence electrons. The third kappa shape index (κ3) is 5.65. The normalized spacial score (nSPS) is 12.1. The predicted molar refractivity (Wildman–Crippen MR) is 157 cm³/mol. The minimum absolute atomic E-state index is 0.0746. The van der Waals surface area contributed by atoms with Gasteiger partial charge in [-0.05, 0) is 30.9 Å². The summed E-state index contributed by atoms with van der Waals surface area (Å²) in [4.78, 5) is 40.4. The highest BCUT2D eigenvalue weighted by atomic mass is 32.1. The lowest BCUT2D eigenvalue weighted by molar-refractivity contribution is 0.0588. The van der Waals surface area contributed by atoms with Crippen molar-refractivity contribution in [3.05, 3.63) is 99.9 Å². The van der Waals surface area contributed by atoms with E-state index in [1.807, 2.05) is 95.4 Å². The lowest BCUT2D eigenvalue weighted by Gasteiger charge is -2.34. The number of aromatic nitrogens is 3. The van der Waals surface area contributed by atoms with Crippen molar-refractivity contribution >= 4 is 39.4 Å². The summed E-state index contributed by atoms with van der Waals surface area (Å²) in [7, 11) is 0. The Balaban J connectivity index is 1.48. The van der Waals surface area contributed by atoms with Crippen LogP contribution in [0.2, 0.25) is 0 Å². The van der Waals surface area contributed by atoms with Crippen molar-refractivity contribution < 1.29 is 9.59 Å². The Labute approximate surface area is 236 Å². The lowest BCUT2D eigenvalue weighted by Crippen LogP contribution is -2.49. The smallest absolute Gasteiger partial charge is 0.274 e. The Morgan fingerprint density at radius 2 is 1.69 bits per heavy atom. The molecule has 1 N–H and O–H groups in total. The highest BCUT2D eigenvalue weighted by Crippen LogP contribution is 2.32. The quantitative estimate of drug-likeness (QED) is 0.233. The number of amides is 2. The Bertz CT molecular complexity index is 1590. The van der Waals surface area contributed by atoms with Crippen LogP contribution in [0.5, 0.6) is 0 Å². The monoisotopic (exact) mass is 557 g/mol. The van der Waals surface area contributed by atoms with Crippen molar-refractivity contribution in [3.63, 3.8) is 0 Å². The molecule has 0 saturated heterocycles. The molecule has 0 aliphatic rings. The van der Waals surface area contributed by atoms with Crippen molar-refractivity contribution in [1.82, 2.24) is 24.6 Å². The zero-order valence-corrected chi connectivity index (χ0v) is 24.1. The Morgan fingerprint density at radius 3 is 2.38 bits per heavy atom. The number of nitrogens with one attached hydrogen (secondary N) is 1. The zero-order valence-electron chi connectivity index (χ0n) is 22.4. The first-order valence-corrected chi connectivity index (χ1v) is 14.6. The van der Waals surface area contributed by atoms with Crippen LogP contribution in [-0.2, 0) is 6.54 Å². The van der Waals surface area contributed by atoms with Crippen molar-refractivity contribution in [2.75, 3.05) is 6.54 Å². The number of imidazole rings is 1. The second-order valence-corrected chi connectivity index (χ2v) is 11.9. The fourth-order valence-electron chi connectivity index (χ4n) is 4.77. The first-order chi connectivity index (χ1) is 18.8. The molecule has 2 aromatic carbocycles. The van der Waals surface area contributed by atoms with Crippen LogP contribution in [0.15, 0.2) is 72.2 Å². The van der Waals surface area contributed by atoms with Gasteiger partial charge in [-0.15, -0.1) is 22.7 Å². The second kappa shape index (κ2) is 11.5. The number of thiazole rings is 2. The third-order valence-electron chi connectivity index (χ3n) is 6.72. The average molecular weight is 558 g/mol. The van der Waals surface area contributed by atoms with E-state index in [-0.39, 0.29) is 23.8 Å². The van der Waals surface area contributed by atoms with Gasteiger partial charge in [-0.3, -0.25) is 14.0 Å². The Kier molecular flexibility index (Phi) is 7.90. The Hall–Kier alpha value is -3.82. The van der Waals surface area contributed by atoms with Crippen molar-refractivity contribution in [2.24, 2.45) is 5.92 Å². The summed E-state index contributed by atoms with van der Waals surface area (Å²) in [6.45, 7) is 8.63. The van der Waals surface area contributed by atoms with Crippen LogP contribution in [0.3, 0.4) is 0 Å². The fraction of sp³-hybridized carbons (Fsp3) is 0.267. The maximum Gasteiger partial charge on any atom is 0.274 e. The van der Waals surface area contributed by atoms with Gasteiger partial charge in [0, 0.05) is 24.7 Å². The molecule has 0 aliphatic carbocycles. The highest BCUT2D eigenvalue weighted by molar-refractivity contribution is 7.15. The molecule has 0 aliphatic heterocycles. The van der Waals surface area contributed by atoms with E-state index < -0.39 is 0 Å². The molecular weight excluding hydrogens is 526 g/mol. The molecule has 0 saturated carbocycles. The number of carbonyl (C=O) groups excluding carboxylic acids is 2. The van der Waals surface area contributed by atoms with Gasteiger partial charge in [-0.25, -0.2) is 9.97 Å². The summed E-state index contributed by atoms with van der Waals surface area (Å²) < 4.78 is 1.82. The van der Waals surface area contributed by atoms with E-state index in [0.717, 1.165) is 26.0 Å². The largest absolute Gasteiger partial charge is 0.349 e. The molecule has 5 rings (SSSR count). The van der Waals surface area contributed by atoms with E-state index in [9.17, 15) is 9.59 Å². The number of hydrogen-bond donors (Lipinski definition) is 1. The fourth-order valence-corrected chi connectivity index (χ4v) is 6.44. The number of hydrogen-bond acceptors (Lipinski definition) is 6.